The number of rotatable bonds is 10. The second kappa shape index (κ2) is 14.5. The molecule has 1 nitrogen and oxygen atoms in total. The van der Waals surface area contributed by atoms with E-state index in [0.717, 1.165) is 57.3 Å². The van der Waals surface area contributed by atoms with E-state index in [4.69, 9.17) is 4.74 Å². The normalized spacial score (nSPS) is 11.0. The average Bonchev–Trinajstić information content (AvgIpc) is 3.08. The molecule has 0 saturated carbocycles. The minimum atomic E-state index is 0.804. The van der Waals surface area contributed by atoms with Crippen molar-refractivity contribution in [3.05, 3.63) is 176 Å². The topological polar surface area (TPSA) is 9.23 Å². The Balaban J connectivity index is 1.60. The summed E-state index contributed by atoms with van der Waals surface area (Å²) in [7, 11) is 0. The monoisotopic (exact) mass is 714 g/mol. The van der Waals surface area contributed by atoms with Gasteiger partial charge in [-0.25, -0.2) is 0 Å². The zero-order valence-corrected chi connectivity index (χ0v) is 28.9. The highest BCUT2D eigenvalue weighted by molar-refractivity contribution is 9.11. The van der Waals surface area contributed by atoms with Gasteiger partial charge in [0.15, 0.2) is 0 Å². The van der Waals surface area contributed by atoms with Crippen molar-refractivity contribution in [1.82, 2.24) is 0 Å². The third-order valence-electron chi connectivity index (χ3n) is 8.41. The lowest BCUT2D eigenvalue weighted by Crippen LogP contribution is -2.02. The van der Waals surface area contributed by atoms with Crippen LogP contribution in [-0.4, -0.2) is 0 Å². The average molecular weight is 717 g/mol. The zero-order valence-electron chi connectivity index (χ0n) is 25.7. The van der Waals surface area contributed by atoms with E-state index in [0.29, 0.717) is 0 Å². The van der Waals surface area contributed by atoms with Gasteiger partial charge in [0.05, 0.1) is 8.95 Å². The summed E-state index contributed by atoms with van der Waals surface area (Å²) in [5.41, 5.74) is 12.2. The Bertz CT molecular complexity index is 1770. The van der Waals surface area contributed by atoms with Crippen molar-refractivity contribution in [3.63, 3.8) is 0 Å². The molecule has 6 rings (SSSR count). The first kappa shape index (κ1) is 31.1. The maximum Gasteiger partial charge on any atom is 0.149 e. The van der Waals surface area contributed by atoms with E-state index in [1.807, 2.05) is 0 Å². The highest BCUT2D eigenvalue weighted by Crippen LogP contribution is 2.49. The molecule has 0 unspecified atom stereocenters. The van der Waals surface area contributed by atoms with Crippen LogP contribution in [-0.2, 0) is 25.7 Å². The molecule has 0 aliphatic heterocycles. The Morgan fingerprint density at radius 3 is 1.20 bits per heavy atom. The maximum atomic E-state index is 7.27. The molecule has 0 atom stereocenters. The van der Waals surface area contributed by atoms with Crippen molar-refractivity contribution in [3.8, 4) is 33.8 Å². The Kier molecular flexibility index (Phi) is 9.98. The minimum absolute atomic E-state index is 0.804. The molecule has 224 valence electrons. The quantitative estimate of drug-likeness (QED) is 0.137. The second-order valence-electron chi connectivity index (χ2n) is 11.3. The van der Waals surface area contributed by atoms with Gasteiger partial charge >= 0.3 is 0 Å². The van der Waals surface area contributed by atoms with Crippen LogP contribution in [0, 0.1) is 0 Å². The van der Waals surface area contributed by atoms with Crippen LogP contribution in [0.1, 0.15) is 47.2 Å². The van der Waals surface area contributed by atoms with Crippen molar-refractivity contribution >= 4 is 31.9 Å². The van der Waals surface area contributed by atoms with Gasteiger partial charge in [0.2, 0.25) is 0 Å². The van der Waals surface area contributed by atoms with Gasteiger partial charge in [-0.15, -0.1) is 0 Å². The molecule has 0 aromatic heterocycles. The Morgan fingerprint density at radius 1 is 0.422 bits per heavy atom. The summed E-state index contributed by atoms with van der Waals surface area (Å²) in [5.74, 6) is 1.66. The number of hydrogen-bond acceptors (Lipinski definition) is 1. The molecule has 0 aliphatic rings. The van der Waals surface area contributed by atoms with Crippen LogP contribution in [0.15, 0.2) is 142 Å². The van der Waals surface area contributed by atoms with Gasteiger partial charge < -0.3 is 4.74 Å². The summed E-state index contributed by atoms with van der Waals surface area (Å²) in [6.45, 7) is 4.44. The number of hydrogen-bond donors (Lipinski definition) is 0. The van der Waals surface area contributed by atoms with Crippen LogP contribution in [0.2, 0.25) is 0 Å². The van der Waals surface area contributed by atoms with Crippen molar-refractivity contribution < 1.29 is 4.74 Å². The lowest BCUT2D eigenvalue weighted by atomic mass is 9.89. The third kappa shape index (κ3) is 6.85. The van der Waals surface area contributed by atoms with Gasteiger partial charge in [-0.2, -0.15) is 0 Å². The van der Waals surface area contributed by atoms with E-state index in [1.54, 1.807) is 0 Å². The standard InChI is InChI=1S/C42H36Br2O/c1-3-31-19-11-13-21-35(31)39-33(27-29-15-7-5-8-16-29)23-25-37(43)41(39)45-42-38(44)26-24-34(28-30-17-9-6-10-18-30)40(42)36-22-14-12-20-32(36)4-2/h5-26H,3-4,27-28H2,1-2H3. The SMILES string of the molecule is CCc1ccccc1-c1c(Cc2ccccc2)ccc(Br)c1Oc1c(Br)ccc(Cc2ccccc2)c1-c1ccccc1CC. The molecular weight excluding hydrogens is 680 g/mol. The lowest BCUT2D eigenvalue weighted by Gasteiger charge is -2.23. The van der Waals surface area contributed by atoms with Gasteiger partial charge in [0.25, 0.3) is 0 Å². The van der Waals surface area contributed by atoms with Gasteiger partial charge in [-0.3, -0.25) is 0 Å². The van der Waals surface area contributed by atoms with Crippen LogP contribution in [0.3, 0.4) is 0 Å². The first-order valence-corrected chi connectivity index (χ1v) is 17.2. The zero-order chi connectivity index (χ0) is 31.2. The molecule has 0 spiro atoms. The van der Waals surface area contributed by atoms with E-state index in [1.165, 1.54) is 44.5 Å². The van der Waals surface area contributed by atoms with Crippen LogP contribution < -0.4 is 4.74 Å². The molecule has 0 heterocycles. The molecule has 0 radical (unpaired) electrons. The minimum Gasteiger partial charge on any atom is -0.454 e. The van der Waals surface area contributed by atoms with Gasteiger partial charge in [-0.05, 0) is 114 Å². The number of aryl methyl sites for hydroxylation is 2. The highest BCUT2D eigenvalue weighted by Gasteiger charge is 2.24. The van der Waals surface area contributed by atoms with Crippen LogP contribution in [0.25, 0.3) is 22.3 Å². The molecule has 0 bridgehead atoms. The summed E-state index contributed by atoms with van der Waals surface area (Å²) in [5, 5.41) is 0. The Labute approximate surface area is 284 Å². The summed E-state index contributed by atoms with van der Waals surface area (Å²) < 4.78 is 9.13. The lowest BCUT2D eigenvalue weighted by molar-refractivity contribution is 0.479. The van der Waals surface area contributed by atoms with E-state index < -0.39 is 0 Å². The largest absolute Gasteiger partial charge is 0.454 e. The molecule has 3 heteroatoms. The smallest absolute Gasteiger partial charge is 0.149 e. The summed E-state index contributed by atoms with van der Waals surface area (Å²) in [6, 6.07) is 47.5. The number of ether oxygens (including phenoxy) is 1. The van der Waals surface area contributed by atoms with E-state index >= 15 is 0 Å². The first-order valence-electron chi connectivity index (χ1n) is 15.6. The van der Waals surface area contributed by atoms with Gasteiger partial charge in [0, 0.05) is 11.1 Å². The highest BCUT2D eigenvalue weighted by atomic mass is 79.9. The van der Waals surface area contributed by atoms with Gasteiger partial charge in [-0.1, -0.05) is 135 Å². The second-order valence-corrected chi connectivity index (χ2v) is 13.0. The number of benzene rings is 6. The molecular formula is C42H36Br2O. The number of halogens is 2. The summed E-state index contributed by atoms with van der Waals surface area (Å²) in [6.07, 6.45) is 3.47. The Hall–Kier alpha value is -3.92. The van der Waals surface area contributed by atoms with Crippen LogP contribution >= 0.6 is 31.9 Å². The predicted octanol–water partition coefficient (Wildman–Crippen LogP) is 12.6. The summed E-state index contributed by atoms with van der Waals surface area (Å²) in [4.78, 5) is 0. The molecule has 45 heavy (non-hydrogen) atoms. The summed E-state index contributed by atoms with van der Waals surface area (Å²) >= 11 is 7.87. The van der Waals surface area contributed by atoms with Crippen LogP contribution in [0.5, 0.6) is 11.5 Å². The van der Waals surface area contributed by atoms with E-state index in [2.05, 4.69) is 179 Å². The van der Waals surface area contributed by atoms with Crippen molar-refractivity contribution in [2.75, 3.05) is 0 Å². The molecule has 6 aromatic rings. The molecule has 0 saturated heterocycles. The first-order chi connectivity index (χ1) is 22.1. The molecule has 0 amide bonds. The van der Waals surface area contributed by atoms with E-state index in [9.17, 15) is 0 Å². The van der Waals surface area contributed by atoms with Crippen molar-refractivity contribution in [2.45, 2.75) is 39.5 Å². The fourth-order valence-corrected chi connectivity index (χ4v) is 6.98. The fraction of sp³-hybridized carbons (Fsp3) is 0.143. The molecule has 0 aliphatic carbocycles. The molecule has 0 N–H and O–H groups in total. The van der Waals surface area contributed by atoms with Crippen molar-refractivity contribution in [1.29, 1.82) is 0 Å². The maximum absolute atomic E-state index is 7.27. The predicted molar refractivity (Wildman–Crippen MR) is 196 cm³/mol. The van der Waals surface area contributed by atoms with Crippen LogP contribution in [0.4, 0.5) is 0 Å². The third-order valence-corrected chi connectivity index (χ3v) is 9.65. The van der Waals surface area contributed by atoms with Crippen molar-refractivity contribution in [2.24, 2.45) is 0 Å². The van der Waals surface area contributed by atoms with E-state index in [-0.39, 0.29) is 0 Å². The van der Waals surface area contributed by atoms with Gasteiger partial charge in [0.1, 0.15) is 11.5 Å². The Morgan fingerprint density at radius 2 is 0.800 bits per heavy atom. The fourth-order valence-electron chi connectivity index (χ4n) is 6.16. The molecule has 6 aromatic carbocycles. The molecule has 0 fully saturated rings.